The molecule has 0 fully saturated rings. The molecule has 5 nitrogen and oxygen atoms in total. The highest BCUT2D eigenvalue weighted by atomic mass is 16.1. The summed E-state index contributed by atoms with van der Waals surface area (Å²) >= 11 is 0. The van der Waals surface area contributed by atoms with Crippen LogP contribution in [-0.4, -0.2) is 27.2 Å². The zero-order valence-electron chi connectivity index (χ0n) is 12.0. The number of aryl methyl sites for hydroxylation is 3. The van der Waals surface area contributed by atoms with E-state index in [0.717, 1.165) is 23.5 Å². The summed E-state index contributed by atoms with van der Waals surface area (Å²) in [7, 11) is 0. The van der Waals surface area contributed by atoms with Crippen LogP contribution in [0.2, 0.25) is 0 Å². The number of carbonyl (C=O) groups is 1. The van der Waals surface area contributed by atoms with Crippen LogP contribution in [0.1, 0.15) is 23.5 Å². The van der Waals surface area contributed by atoms with Gasteiger partial charge in [0.05, 0.1) is 5.69 Å². The Morgan fingerprint density at radius 3 is 2.85 bits per heavy atom. The summed E-state index contributed by atoms with van der Waals surface area (Å²) in [6, 6.07) is 7.81. The molecule has 0 bridgehead atoms. The number of nitrogens with zero attached hydrogens (tertiary/aromatic N) is 3. The molecular weight excluding hydrogens is 252 g/mol. The van der Waals surface area contributed by atoms with Crippen LogP contribution in [0.4, 0.5) is 0 Å². The maximum atomic E-state index is 11.8. The Balaban J connectivity index is 1.69. The zero-order chi connectivity index (χ0) is 14.4. The first-order valence-electron chi connectivity index (χ1n) is 6.83. The number of hydrogen-bond donors (Lipinski definition) is 1. The molecule has 5 heteroatoms. The summed E-state index contributed by atoms with van der Waals surface area (Å²) in [5, 5.41) is 7.24. The molecule has 0 aliphatic carbocycles. The molecule has 1 amide bonds. The van der Waals surface area contributed by atoms with Gasteiger partial charge >= 0.3 is 0 Å². The summed E-state index contributed by atoms with van der Waals surface area (Å²) in [4.78, 5) is 16.0. The van der Waals surface area contributed by atoms with E-state index in [2.05, 4.69) is 15.4 Å². The molecule has 0 aromatic carbocycles. The average Bonchev–Trinajstić information content (AvgIpc) is 2.76. The molecule has 0 spiro atoms. The fourth-order valence-electron chi connectivity index (χ4n) is 2.07. The number of hydrogen-bond acceptors (Lipinski definition) is 3. The Kier molecular flexibility index (Phi) is 4.87. The Hall–Kier alpha value is -2.17. The van der Waals surface area contributed by atoms with Crippen LogP contribution >= 0.6 is 0 Å². The van der Waals surface area contributed by atoms with Crippen LogP contribution < -0.4 is 5.32 Å². The molecule has 0 atom stereocenters. The van der Waals surface area contributed by atoms with Crippen molar-refractivity contribution in [2.75, 3.05) is 6.54 Å². The van der Waals surface area contributed by atoms with Crippen molar-refractivity contribution in [2.45, 2.75) is 33.2 Å². The fourth-order valence-corrected chi connectivity index (χ4v) is 2.07. The van der Waals surface area contributed by atoms with E-state index in [4.69, 9.17) is 0 Å². The number of amides is 1. The highest BCUT2D eigenvalue weighted by molar-refractivity contribution is 5.75. The lowest BCUT2D eigenvalue weighted by Crippen LogP contribution is -2.27. The topological polar surface area (TPSA) is 59.8 Å². The SMILES string of the molecule is Cc1cc(C)n(CCC(=O)NCCc2ccccn2)n1. The van der Waals surface area contributed by atoms with E-state index in [1.165, 1.54) is 0 Å². The lowest BCUT2D eigenvalue weighted by Gasteiger charge is -2.06. The molecule has 0 saturated carbocycles. The molecule has 20 heavy (non-hydrogen) atoms. The summed E-state index contributed by atoms with van der Waals surface area (Å²) in [5.74, 6) is 0.0495. The second-order valence-corrected chi connectivity index (χ2v) is 4.82. The third-order valence-corrected chi connectivity index (χ3v) is 3.08. The second-order valence-electron chi connectivity index (χ2n) is 4.82. The van der Waals surface area contributed by atoms with Gasteiger partial charge in [-0.2, -0.15) is 5.10 Å². The Labute approximate surface area is 119 Å². The molecule has 0 aliphatic rings. The average molecular weight is 272 g/mol. The normalized spacial score (nSPS) is 10.5. The third-order valence-electron chi connectivity index (χ3n) is 3.08. The summed E-state index contributed by atoms with van der Waals surface area (Å²) in [6.45, 7) is 5.19. The zero-order valence-corrected chi connectivity index (χ0v) is 12.0. The van der Waals surface area contributed by atoms with E-state index in [-0.39, 0.29) is 5.91 Å². The van der Waals surface area contributed by atoms with Gasteiger partial charge in [-0.15, -0.1) is 0 Å². The lowest BCUT2D eigenvalue weighted by molar-refractivity contribution is -0.121. The van der Waals surface area contributed by atoms with Crippen molar-refractivity contribution in [3.63, 3.8) is 0 Å². The maximum absolute atomic E-state index is 11.8. The van der Waals surface area contributed by atoms with E-state index in [0.29, 0.717) is 19.5 Å². The molecule has 0 saturated heterocycles. The second kappa shape index (κ2) is 6.84. The molecule has 2 heterocycles. The molecule has 0 aliphatic heterocycles. The van der Waals surface area contributed by atoms with Gasteiger partial charge in [0.25, 0.3) is 0 Å². The predicted octanol–water partition coefficient (Wildman–Crippen LogP) is 1.64. The third kappa shape index (κ3) is 4.19. The molecule has 2 aromatic rings. The van der Waals surface area contributed by atoms with Crippen molar-refractivity contribution in [1.82, 2.24) is 20.1 Å². The van der Waals surface area contributed by atoms with Gasteiger partial charge in [0, 0.05) is 43.5 Å². The summed E-state index contributed by atoms with van der Waals surface area (Å²) < 4.78 is 1.87. The minimum atomic E-state index is 0.0495. The maximum Gasteiger partial charge on any atom is 0.221 e. The molecule has 1 N–H and O–H groups in total. The number of carbonyl (C=O) groups excluding carboxylic acids is 1. The first-order valence-corrected chi connectivity index (χ1v) is 6.83. The number of rotatable bonds is 6. The number of pyridine rings is 1. The van der Waals surface area contributed by atoms with E-state index >= 15 is 0 Å². The molecule has 2 rings (SSSR count). The van der Waals surface area contributed by atoms with E-state index in [9.17, 15) is 4.79 Å². The van der Waals surface area contributed by atoms with Crippen LogP contribution in [0.25, 0.3) is 0 Å². The number of aromatic nitrogens is 3. The molecule has 0 radical (unpaired) electrons. The molecular formula is C15H20N4O. The molecule has 0 unspecified atom stereocenters. The lowest BCUT2D eigenvalue weighted by atomic mass is 10.2. The van der Waals surface area contributed by atoms with Crippen molar-refractivity contribution in [3.05, 3.63) is 47.5 Å². The van der Waals surface area contributed by atoms with Gasteiger partial charge in [-0.1, -0.05) is 6.07 Å². The predicted molar refractivity (Wildman–Crippen MR) is 77.3 cm³/mol. The van der Waals surface area contributed by atoms with Gasteiger partial charge in [-0.3, -0.25) is 14.5 Å². The standard InChI is InChI=1S/C15H20N4O/c1-12-11-13(2)19(18-12)10-7-15(20)17-9-6-14-5-3-4-8-16-14/h3-5,8,11H,6-7,9-10H2,1-2H3,(H,17,20). The molecule has 2 aromatic heterocycles. The summed E-state index contributed by atoms with van der Waals surface area (Å²) in [6.07, 6.45) is 2.97. The summed E-state index contributed by atoms with van der Waals surface area (Å²) in [5.41, 5.74) is 3.06. The van der Waals surface area contributed by atoms with Gasteiger partial charge in [0.2, 0.25) is 5.91 Å². The van der Waals surface area contributed by atoms with E-state index < -0.39 is 0 Å². The quantitative estimate of drug-likeness (QED) is 0.869. The minimum absolute atomic E-state index is 0.0495. The van der Waals surface area contributed by atoms with Gasteiger partial charge in [0.1, 0.15) is 0 Å². The Bertz CT molecular complexity index is 563. The van der Waals surface area contributed by atoms with Crippen LogP contribution in [0.15, 0.2) is 30.5 Å². The van der Waals surface area contributed by atoms with E-state index in [1.807, 2.05) is 42.8 Å². The van der Waals surface area contributed by atoms with Crippen molar-refractivity contribution in [3.8, 4) is 0 Å². The van der Waals surface area contributed by atoms with Crippen molar-refractivity contribution in [2.24, 2.45) is 0 Å². The minimum Gasteiger partial charge on any atom is -0.356 e. The van der Waals surface area contributed by atoms with Crippen LogP contribution in [0.5, 0.6) is 0 Å². The van der Waals surface area contributed by atoms with Gasteiger partial charge < -0.3 is 5.32 Å². The van der Waals surface area contributed by atoms with Gasteiger partial charge in [0.15, 0.2) is 0 Å². The van der Waals surface area contributed by atoms with E-state index in [1.54, 1.807) is 6.20 Å². The molecule has 106 valence electrons. The van der Waals surface area contributed by atoms with Crippen LogP contribution in [0, 0.1) is 13.8 Å². The van der Waals surface area contributed by atoms with Crippen LogP contribution in [-0.2, 0) is 17.8 Å². The van der Waals surface area contributed by atoms with Crippen molar-refractivity contribution < 1.29 is 4.79 Å². The Morgan fingerprint density at radius 1 is 1.35 bits per heavy atom. The highest BCUT2D eigenvalue weighted by Gasteiger charge is 2.05. The highest BCUT2D eigenvalue weighted by Crippen LogP contribution is 2.02. The first kappa shape index (κ1) is 14.2. The largest absolute Gasteiger partial charge is 0.356 e. The van der Waals surface area contributed by atoms with Crippen molar-refractivity contribution in [1.29, 1.82) is 0 Å². The van der Waals surface area contributed by atoms with Crippen molar-refractivity contribution >= 4 is 5.91 Å². The monoisotopic (exact) mass is 272 g/mol. The smallest absolute Gasteiger partial charge is 0.221 e. The first-order chi connectivity index (χ1) is 9.65. The Morgan fingerprint density at radius 2 is 2.20 bits per heavy atom. The fraction of sp³-hybridized carbons (Fsp3) is 0.400. The van der Waals surface area contributed by atoms with Crippen LogP contribution in [0.3, 0.4) is 0 Å². The number of nitrogens with one attached hydrogen (secondary N) is 1. The van der Waals surface area contributed by atoms with Gasteiger partial charge in [-0.05, 0) is 32.0 Å². The van der Waals surface area contributed by atoms with Gasteiger partial charge in [-0.25, -0.2) is 0 Å².